The number of benzene rings is 7. The number of furan rings is 1. The summed E-state index contributed by atoms with van der Waals surface area (Å²) in [5.41, 5.74) is 12.8. The van der Waals surface area contributed by atoms with Gasteiger partial charge < -0.3 is 8.98 Å². The Morgan fingerprint density at radius 2 is 1.19 bits per heavy atom. The van der Waals surface area contributed by atoms with Crippen LogP contribution in [0.25, 0.3) is 93.6 Å². The maximum absolute atomic E-state index is 6.61. The summed E-state index contributed by atoms with van der Waals surface area (Å²) in [6.45, 7) is 0. The number of fused-ring (bicyclic) bond motifs is 7. The van der Waals surface area contributed by atoms with E-state index in [0.717, 1.165) is 27.8 Å². The zero-order chi connectivity index (χ0) is 27.4. The van der Waals surface area contributed by atoms with E-state index in [9.17, 15) is 0 Å². The number of aromatic nitrogens is 1. The second-order valence-electron chi connectivity index (χ2n) is 11.3. The molecule has 0 bridgehead atoms. The number of rotatable bonds is 2. The summed E-state index contributed by atoms with van der Waals surface area (Å²) in [6, 6.07) is 50.4. The first-order valence-corrected chi connectivity index (χ1v) is 14.4. The fourth-order valence-corrected chi connectivity index (χ4v) is 7.40. The van der Waals surface area contributed by atoms with Crippen molar-refractivity contribution in [3.05, 3.63) is 140 Å². The van der Waals surface area contributed by atoms with Gasteiger partial charge in [0.2, 0.25) is 0 Å². The quantitative estimate of drug-likeness (QED) is 0.216. The molecule has 0 fully saturated rings. The highest BCUT2D eigenvalue weighted by molar-refractivity contribution is 6.35. The van der Waals surface area contributed by atoms with E-state index in [1.54, 1.807) is 0 Å². The van der Waals surface area contributed by atoms with Crippen molar-refractivity contribution in [3.8, 4) is 39.1 Å². The van der Waals surface area contributed by atoms with E-state index in [-0.39, 0.29) is 0 Å². The molecule has 2 heteroatoms. The van der Waals surface area contributed by atoms with Gasteiger partial charge in [0, 0.05) is 38.9 Å². The largest absolute Gasteiger partial charge is 0.456 e. The highest BCUT2D eigenvalue weighted by Gasteiger charge is 2.28. The number of hydrogen-bond acceptors (Lipinski definition) is 1. The summed E-state index contributed by atoms with van der Waals surface area (Å²) >= 11 is 0. The van der Waals surface area contributed by atoms with Gasteiger partial charge in [-0.3, -0.25) is 0 Å². The van der Waals surface area contributed by atoms with E-state index >= 15 is 0 Å². The second-order valence-corrected chi connectivity index (χ2v) is 11.3. The molecule has 0 saturated carbocycles. The first-order valence-electron chi connectivity index (χ1n) is 14.4. The maximum atomic E-state index is 6.61. The molecule has 0 N–H and O–H groups in total. The monoisotopic (exact) mass is 533 g/mol. The zero-order valence-electron chi connectivity index (χ0n) is 22.6. The van der Waals surface area contributed by atoms with Crippen LogP contribution in [0.3, 0.4) is 0 Å². The minimum absolute atomic E-state index is 0.916. The molecular weight excluding hydrogens is 510 g/mol. The van der Waals surface area contributed by atoms with Crippen LogP contribution in [0.4, 0.5) is 0 Å². The van der Waals surface area contributed by atoms with Gasteiger partial charge in [-0.25, -0.2) is 0 Å². The van der Waals surface area contributed by atoms with E-state index in [2.05, 4.69) is 144 Å². The third kappa shape index (κ3) is 2.78. The summed E-state index contributed by atoms with van der Waals surface area (Å²) in [6.07, 6.45) is 0. The first-order chi connectivity index (χ1) is 20.8. The lowest BCUT2D eigenvalue weighted by atomic mass is 9.91. The van der Waals surface area contributed by atoms with Crippen LogP contribution in [-0.2, 0) is 0 Å². The second kappa shape index (κ2) is 7.99. The van der Waals surface area contributed by atoms with Gasteiger partial charge in [0.05, 0.1) is 11.0 Å². The van der Waals surface area contributed by atoms with E-state index in [1.165, 1.54) is 65.8 Å². The maximum Gasteiger partial charge on any atom is 0.138 e. The van der Waals surface area contributed by atoms with Gasteiger partial charge in [0.1, 0.15) is 11.2 Å². The summed E-state index contributed by atoms with van der Waals surface area (Å²) in [5, 5.41) is 7.52. The highest BCUT2D eigenvalue weighted by atomic mass is 16.3. The first kappa shape index (κ1) is 22.1. The van der Waals surface area contributed by atoms with E-state index in [4.69, 9.17) is 4.42 Å². The predicted molar refractivity (Wildman–Crippen MR) is 175 cm³/mol. The smallest absolute Gasteiger partial charge is 0.138 e. The molecule has 0 unspecified atom stereocenters. The van der Waals surface area contributed by atoms with Gasteiger partial charge in [0.25, 0.3) is 0 Å². The van der Waals surface area contributed by atoms with Crippen molar-refractivity contribution >= 4 is 54.5 Å². The lowest BCUT2D eigenvalue weighted by molar-refractivity contribution is 0.669. The number of hydrogen-bond donors (Lipinski definition) is 0. The summed E-state index contributed by atoms with van der Waals surface area (Å²) in [7, 11) is 0. The number of nitrogens with zero attached hydrogens (tertiary/aromatic N) is 1. The molecule has 194 valence electrons. The van der Waals surface area contributed by atoms with Gasteiger partial charge in [0.15, 0.2) is 0 Å². The molecule has 2 nitrogen and oxygen atoms in total. The Kier molecular flexibility index (Phi) is 4.21. The van der Waals surface area contributed by atoms with Gasteiger partial charge in [-0.05, 0) is 62.9 Å². The third-order valence-corrected chi connectivity index (χ3v) is 9.10. The Balaban J connectivity index is 1.47. The van der Waals surface area contributed by atoms with Crippen molar-refractivity contribution in [3.63, 3.8) is 0 Å². The molecule has 10 rings (SSSR count). The molecule has 2 aromatic heterocycles. The topological polar surface area (TPSA) is 18.1 Å². The van der Waals surface area contributed by atoms with Crippen molar-refractivity contribution in [2.45, 2.75) is 0 Å². The molecule has 1 aliphatic carbocycles. The van der Waals surface area contributed by atoms with Crippen molar-refractivity contribution < 1.29 is 4.42 Å². The molecular formula is C40H23NO. The van der Waals surface area contributed by atoms with E-state index < -0.39 is 0 Å². The Labute approximate surface area is 241 Å². The van der Waals surface area contributed by atoms with Crippen LogP contribution in [0.1, 0.15) is 0 Å². The SMILES string of the molecule is c1ccc(-c2cccc(-n3c4cc5oc6ccccc6c5c5c4c4c6c(cccc6ccc43)-c3ccccc3-5)c2)cc1. The molecule has 0 spiro atoms. The van der Waals surface area contributed by atoms with E-state index in [1.807, 2.05) is 0 Å². The Hall–Kier alpha value is -5.60. The Bertz CT molecular complexity index is 2560. The van der Waals surface area contributed by atoms with Crippen LogP contribution in [0.2, 0.25) is 0 Å². The van der Waals surface area contributed by atoms with Crippen molar-refractivity contribution in [2.75, 3.05) is 0 Å². The average Bonchev–Trinajstić information content (AvgIpc) is 3.55. The lowest BCUT2D eigenvalue weighted by Gasteiger charge is -2.15. The molecule has 0 atom stereocenters. The minimum atomic E-state index is 0.916. The van der Waals surface area contributed by atoms with Crippen molar-refractivity contribution in [2.24, 2.45) is 0 Å². The van der Waals surface area contributed by atoms with Crippen LogP contribution in [0.5, 0.6) is 0 Å². The van der Waals surface area contributed by atoms with Gasteiger partial charge >= 0.3 is 0 Å². The zero-order valence-corrected chi connectivity index (χ0v) is 22.6. The standard InChI is InChI=1S/C40H23NO/c1-2-10-24(11-3-1)26-13-8-14-27(22-26)41-32-21-20-25-12-9-18-29-28-15-4-5-16-30(28)38-37-31-17-6-7-19-34(31)42-35(37)23-33(41)40(38)39(32)36(25)29/h1-23H. The molecule has 0 aliphatic heterocycles. The van der Waals surface area contributed by atoms with Gasteiger partial charge in [-0.15, -0.1) is 0 Å². The van der Waals surface area contributed by atoms with Crippen LogP contribution >= 0.6 is 0 Å². The third-order valence-electron chi connectivity index (χ3n) is 9.10. The normalized spacial score (nSPS) is 12.3. The fraction of sp³-hybridized carbons (Fsp3) is 0. The lowest BCUT2D eigenvalue weighted by Crippen LogP contribution is -1.95. The fourth-order valence-electron chi connectivity index (χ4n) is 7.40. The molecule has 0 amide bonds. The average molecular weight is 534 g/mol. The van der Waals surface area contributed by atoms with E-state index in [0.29, 0.717) is 0 Å². The number of para-hydroxylation sites is 1. The molecule has 0 saturated heterocycles. The molecule has 42 heavy (non-hydrogen) atoms. The Morgan fingerprint density at radius 1 is 0.429 bits per heavy atom. The molecule has 2 heterocycles. The van der Waals surface area contributed by atoms with Gasteiger partial charge in [-0.1, -0.05) is 109 Å². The van der Waals surface area contributed by atoms with Crippen LogP contribution in [0, 0.1) is 0 Å². The molecule has 9 aromatic rings. The highest BCUT2D eigenvalue weighted by Crippen LogP contribution is 2.53. The van der Waals surface area contributed by atoms with Crippen LogP contribution in [-0.4, -0.2) is 4.57 Å². The van der Waals surface area contributed by atoms with Crippen molar-refractivity contribution in [1.29, 1.82) is 0 Å². The summed E-state index contributed by atoms with van der Waals surface area (Å²) in [4.78, 5) is 0. The Morgan fingerprint density at radius 3 is 2.12 bits per heavy atom. The minimum Gasteiger partial charge on any atom is -0.456 e. The molecule has 0 radical (unpaired) electrons. The molecule has 1 aliphatic rings. The van der Waals surface area contributed by atoms with Gasteiger partial charge in [-0.2, -0.15) is 0 Å². The van der Waals surface area contributed by atoms with Crippen LogP contribution in [0.15, 0.2) is 144 Å². The van der Waals surface area contributed by atoms with Crippen molar-refractivity contribution in [1.82, 2.24) is 4.57 Å². The summed E-state index contributed by atoms with van der Waals surface area (Å²) < 4.78 is 9.05. The summed E-state index contributed by atoms with van der Waals surface area (Å²) in [5.74, 6) is 0. The molecule has 7 aromatic carbocycles. The predicted octanol–water partition coefficient (Wildman–Crippen LogP) is 11.2. The van der Waals surface area contributed by atoms with Crippen LogP contribution < -0.4 is 0 Å².